The molecule has 0 aliphatic carbocycles. The molecular weight excluding hydrogens is 232 g/mol. The Labute approximate surface area is 109 Å². The molecule has 0 spiro atoms. The Morgan fingerprint density at radius 2 is 1.89 bits per heavy atom. The maximum Gasteiger partial charge on any atom is 0.236 e. The molecule has 0 aromatic heterocycles. The highest BCUT2D eigenvalue weighted by atomic mass is 16.5. The van der Waals surface area contributed by atoms with Crippen molar-refractivity contribution in [2.45, 2.75) is 45.0 Å². The minimum atomic E-state index is -0.564. The van der Waals surface area contributed by atoms with Gasteiger partial charge in [-0.25, -0.2) is 0 Å². The molecule has 2 heterocycles. The number of likely N-dealkylation sites (tertiary alicyclic amines) is 1. The van der Waals surface area contributed by atoms with Gasteiger partial charge in [-0.1, -0.05) is 6.92 Å². The lowest BCUT2D eigenvalue weighted by Gasteiger charge is -2.46. The van der Waals surface area contributed by atoms with Crippen molar-refractivity contribution in [3.05, 3.63) is 0 Å². The first-order chi connectivity index (χ1) is 8.42. The van der Waals surface area contributed by atoms with Gasteiger partial charge in [0.05, 0.1) is 24.4 Å². The molecular formula is C13H24N2O3. The standard InChI is InChI=1S/C13H24N2O3/c1-4-13(17)8-14(9-13)7-12(16)15-5-10(2)18-11(3)6-15/h10-11,17H,4-9H2,1-3H3. The second-order valence-electron chi connectivity index (χ2n) is 5.78. The highest BCUT2D eigenvalue weighted by Gasteiger charge is 2.40. The number of hydrogen-bond donors (Lipinski definition) is 1. The maximum absolute atomic E-state index is 12.1. The summed E-state index contributed by atoms with van der Waals surface area (Å²) in [4.78, 5) is 16.0. The van der Waals surface area contributed by atoms with E-state index < -0.39 is 5.60 Å². The molecule has 0 aromatic carbocycles. The molecule has 1 N–H and O–H groups in total. The van der Waals surface area contributed by atoms with Crippen LogP contribution in [0.1, 0.15) is 27.2 Å². The third-order valence-electron chi connectivity index (χ3n) is 3.83. The second-order valence-corrected chi connectivity index (χ2v) is 5.78. The summed E-state index contributed by atoms with van der Waals surface area (Å²) in [5.41, 5.74) is -0.564. The predicted octanol–water partition coefficient (Wildman–Crippen LogP) is 0.0789. The minimum Gasteiger partial charge on any atom is -0.387 e. The van der Waals surface area contributed by atoms with Gasteiger partial charge in [0.1, 0.15) is 0 Å². The van der Waals surface area contributed by atoms with Crippen LogP contribution < -0.4 is 0 Å². The summed E-state index contributed by atoms with van der Waals surface area (Å²) in [5, 5.41) is 9.91. The SMILES string of the molecule is CCC1(O)CN(CC(=O)N2CC(C)OC(C)C2)C1. The van der Waals surface area contributed by atoms with Gasteiger partial charge in [-0.05, 0) is 20.3 Å². The lowest BCUT2D eigenvalue weighted by molar-refractivity contribution is -0.152. The molecule has 5 nitrogen and oxygen atoms in total. The molecule has 5 heteroatoms. The van der Waals surface area contributed by atoms with Crippen molar-refractivity contribution in [2.24, 2.45) is 0 Å². The molecule has 2 fully saturated rings. The summed E-state index contributed by atoms with van der Waals surface area (Å²) in [7, 11) is 0. The van der Waals surface area contributed by atoms with Crippen molar-refractivity contribution in [1.82, 2.24) is 9.80 Å². The number of nitrogens with zero attached hydrogens (tertiary/aromatic N) is 2. The predicted molar refractivity (Wildman–Crippen MR) is 68.3 cm³/mol. The fourth-order valence-electron chi connectivity index (χ4n) is 2.79. The normalized spacial score (nSPS) is 32.1. The van der Waals surface area contributed by atoms with E-state index in [1.54, 1.807) is 0 Å². The first-order valence-electron chi connectivity index (χ1n) is 6.80. The summed E-state index contributed by atoms with van der Waals surface area (Å²) in [6.07, 6.45) is 0.979. The van der Waals surface area contributed by atoms with E-state index in [0.29, 0.717) is 32.7 Å². The Bertz CT molecular complexity index is 305. The molecule has 2 atom stereocenters. The van der Waals surface area contributed by atoms with Crippen LogP contribution in [0.15, 0.2) is 0 Å². The van der Waals surface area contributed by atoms with E-state index in [9.17, 15) is 9.90 Å². The lowest BCUT2D eigenvalue weighted by Crippen LogP contribution is -2.63. The van der Waals surface area contributed by atoms with E-state index >= 15 is 0 Å². The first kappa shape index (κ1) is 13.8. The number of carbonyl (C=O) groups is 1. The zero-order chi connectivity index (χ0) is 13.3. The largest absolute Gasteiger partial charge is 0.387 e. The van der Waals surface area contributed by atoms with Gasteiger partial charge in [-0.3, -0.25) is 9.69 Å². The van der Waals surface area contributed by atoms with Crippen molar-refractivity contribution >= 4 is 5.91 Å². The molecule has 0 saturated carbocycles. The van der Waals surface area contributed by atoms with Gasteiger partial charge in [0, 0.05) is 26.2 Å². The van der Waals surface area contributed by atoms with Crippen LogP contribution in [0.5, 0.6) is 0 Å². The van der Waals surface area contributed by atoms with Crippen molar-refractivity contribution in [2.75, 3.05) is 32.7 Å². The Hall–Kier alpha value is -0.650. The van der Waals surface area contributed by atoms with Crippen LogP contribution in [0.2, 0.25) is 0 Å². The molecule has 2 rings (SSSR count). The van der Waals surface area contributed by atoms with Crippen molar-refractivity contribution in [3.8, 4) is 0 Å². The average molecular weight is 256 g/mol. The first-order valence-corrected chi connectivity index (χ1v) is 6.80. The van der Waals surface area contributed by atoms with Crippen LogP contribution in [-0.4, -0.2) is 71.3 Å². The van der Waals surface area contributed by atoms with Crippen LogP contribution in [0.4, 0.5) is 0 Å². The summed E-state index contributed by atoms with van der Waals surface area (Å²) in [6, 6.07) is 0. The topological polar surface area (TPSA) is 53.0 Å². The van der Waals surface area contributed by atoms with E-state index in [4.69, 9.17) is 4.74 Å². The molecule has 2 unspecified atom stereocenters. The fourth-order valence-corrected chi connectivity index (χ4v) is 2.79. The van der Waals surface area contributed by atoms with Crippen molar-refractivity contribution in [3.63, 3.8) is 0 Å². The number of aliphatic hydroxyl groups is 1. The summed E-state index contributed by atoms with van der Waals surface area (Å²) >= 11 is 0. The quantitative estimate of drug-likeness (QED) is 0.777. The smallest absolute Gasteiger partial charge is 0.236 e. The molecule has 2 saturated heterocycles. The summed E-state index contributed by atoms with van der Waals surface area (Å²) < 4.78 is 5.61. The lowest BCUT2D eigenvalue weighted by atomic mass is 9.91. The third kappa shape index (κ3) is 3.02. The van der Waals surface area contributed by atoms with Crippen LogP contribution in [-0.2, 0) is 9.53 Å². The average Bonchev–Trinajstić information content (AvgIpc) is 2.25. The Kier molecular flexibility index (Phi) is 3.94. The Balaban J connectivity index is 1.79. The van der Waals surface area contributed by atoms with Gasteiger partial charge < -0.3 is 14.7 Å². The van der Waals surface area contributed by atoms with E-state index in [1.165, 1.54) is 0 Å². The van der Waals surface area contributed by atoms with Gasteiger partial charge in [0.2, 0.25) is 5.91 Å². The number of carbonyl (C=O) groups excluding carboxylic acids is 1. The molecule has 104 valence electrons. The number of β-amino-alcohol motifs (C(OH)–C–C–N with tert-alkyl or cyclic N) is 1. The molecule has 0 bridgehead atoms. The molecule has 18 heavy (non-hydrogen) atoms. The zero-order valence-electron chi connectivity index (χ0n) is 11.6. The van der Waals surface area contributed by atoms with Gasteiger partial charge >= 0.3 is 0 Å². The number of rotatable bonds is 3. The van der Waals surface area contributed by atoms with E-state index in [1.807, 2.05) is 30.6 Å². The number of ether oxygens (including phenoxy) is 1. The number of morpholine rings is 1. The fraction of sp³-hybridized carbons (Fsp3) is 0.923. The Morgan fingerprint density at radius 3 is 2.39 bits per heavy atom. The summed E-state index contributed by atoms with van der Waals surface area (Å²) in [5.74, 6) is 0.148. The number of hydrogen-bond acceptors (Lipinski definition) is 4. The highest BCUT2D eigenvalue weighted by molar-refractivity contribution is 5.78. The summed E-state index contributed by atoms with van der Waals surface area (Å²) in [6.45, 7) is 8.97. The maximum atomic E-state index is 12.1. The molecule has 2 aliphatic rings. The van der Waals surface area contributed by atoms with Gasteiger partial charge in [0.15, 0.2) is 0 Å². The highest BCUT2D eigenvalue weighted by Crippen LogP contribution is 2.24. The monoisotopic (exact) mass is 256 g/mol. The number of amides is 1. The Morgan fingerprint density at radius 1 is 1.33 bits per heavy atom. The van der Waals surface area contributed by atoms with Crippen LogP contribution in [0, 0.1) is 0 Å². The molecule has 0 radical (unpaired) electrons. The molecule has 2 aliphatic heterocycles. The van der Waals surface area contributed by atoms with E-state index in [0.717, 1.165) is 6.42 Å². The van der Waals surface area contributed by atoms with Crippen molar-refractivity contribution < 1.29 is 14.6 Å². The van der Waals surface area contributed by atoms with E-state index in [2.05, 4.69) is 0 Å². The van der Waals surface area contributed by atoms with Crippen LogP contribution in [0.3, 0.4) is 0 Å². The van der Waals surface area contributed by atoms with Crippen molar-refractivity contribution in [1.29, 1.82) is 0 Å². The van der Waals surface area contributed by atoms with Crippen LogP contribution >= 0.6 is 0 Å². The van der Waals surface area contributed by atoms with Crippen LogP contribution in [0.25, 0.3) is 0 Å². The molecule has 0 aromatic rings. The van der Waals surface area contributed by atoms with E-state index in [-0.39, 0.29) is 18.1 Å². The zero-order valence-corrected chi connectivity index (χ0v) is 11.6. The van der Waals surface area contributed by atoms with Gasteiger partial charge in [0.25, 0.3) is 0 Å². The van der Waals surface area contributed by atoms with Gasteiger partial charge in [-0.2, -0.15) is 0 Å². The van der Waals surface area contributed by atoms with Gasteiger partial charge in [-0.15, -0.1) is 0 Å². The minimum absolute atomic E-state index is 0.113. The third-order valence-corrected chi connectivity index (χ3v) is 3.83. The second kappa shape index (κ2) is 5.15. The molecule has 1 amide bonds.